The normalized spacial score (nSPS) is 10.8. The van der Waals surface area contributed by atoms with Gasteiger partial charge in [-0.2, -0.15) is 5.10 Å². The third kappa shape index (κ3) is 4.19. The van der Waals surface area contributed by atoms with Gasteiger partial charge in [-0.05, 0) is 68.8 Å². The molecule has 7 nitrogen and oxygen atoms in total. The number of carbonyl (C=O) groups excluding carboxylic acids is 1. The number of aryl methyl sites for hydroxylation is 1. The second-order valence-corrected chi connectivity index (χ2v) is 8.34. The summed E-state index contributed by atoms with van der Waals surface area (Å²) >= 11 is 7.10. The second kappa shape index (κ2) is 8.25. The summed E-state index contributed by atoms with van der Waals surface area (Å²) in [6, 6.07) is 13.9. The highest BCUT2D eigenvalue weighted by Gasteiger charge is 2.11. The Kier molecular flexibility index (Phi) is 5.52. The lowest BCUT2D eigenvalue weighted by molar-refractivity contribution is 0.103. The monoisotopic (exact) mass is 439 g/mol. The molecule has 0 fully saturated rings. The highest BCUT2D eigenvalue weighted by molar-refractivity contribution is 7.18. The number of nitrogens with zero attached hydrogens (tertiary/aromatic N) is 4. The van der Waals surface area contributed by atoms with Gasteiger partial charge in [0.05, 0.1) is 14.9 Å². The molecule has 1 aromatic carbocycles. The lowest BCUT2D eigenvalue weighted by Crippen LogP contribution is -2.09. The summed E-state index contributed by atoms with van der Waals surface area (Å²) in [4.78, 5) is 12.7. The van der Waals surface area contributed by atoms with Gasteiger partial charge in [0.25, 0.3) is 5.91 Å². The zero-order valence-corrected chi connectivity index (χ0v) is 18.1. The zero-order chi connectivity index (χ0) is 21.3. The van der Waals surface area contributed by atoms with Crippen LogP contribution in [0.2, 0.25) is 4.34 Å². The standard InChI is InChI=1S/C21H18ClN5O2S/c1-12-13(2)26-27(14(12)3)19-10-11-20(25-24-19)29-16-6-4-15(5-7-16)23-21(28)17-8-9-18(22)30-17/h4-11H,1-3H3,(H,23,28). The Morgan fingerprint density at radius 1 is 1.03 bits per heavy atom. The lowest BCUT2D eigenvalue weighted by Gasteiger charge is -2.08. The van der Waals surface area contributed by atoms with E-state index in [1.54, 1.807) is 47.1 Å². The van der Waals surface area contributed by atoms with Crippen molar-refractivity contribution in [3.8, 4) is 17.4 Å². The van der Waals surface area contributed by atoms with Gasteiger partial charge in [0, 0.05) is 17.4 Å². The quantitative estimate of drug-likeness (QED) is 0.453. The summed E-state index contributed by atoms with van der Waals surface area (Å²) in [7, 11) is 0. The van der Waals surface area contributed by atoms with Crippen molar-refractivity contribution in [2.45, 2.75) is 20.8 Å². The van der Waals surface area contributed by atoms with E-state index in [4.69, 9.17) is 16.3 Å². The van der Waals surface area contributed by atoms with E-state index in [1.807, 2.05) is 26.8 Å². The van der Waals surface area contributed by atoms with E-state index >= 15 is 0 Å². The van der Waals surface area contributed by atoms with Crippen LogP contribution in [0.3, 0.4) is 0 Å². The minimum absolute atomic E-state index is 0.207. The van der Waals surface area contributed by atoms with Crippen molar-refractivity contribution >= 4 is 34.5 Å². The molecule has 1 amide bonds. The summed E-state index contributed by atoms with van der Waals surface area (Å²) in [5.74, 6) is 1.36. The number of rotatable bonds is 5. The molecule has 0 unspecified atom stereocenters. The van der Waals surface area contributed by atoms with Crippen LogP contribution in [-0.2, 0) is 0 Å². The van der Waals surface area contributed by atoms with Crippen molar-refractivity contribution in [2.75, 3.05) is 5.32 Å². The molecule has 4 rings (SSSR count). The number of hydrogen-bond acceptors (Lipinski definition) is 6. The van der Waals surface area contributed by atoms with E-state index < -0.39 is 0 Å². The number of nitrogens with one attached hydrogen (secondary N) is 1. The highest BCUT2D eigenvalue weighted by Crippen LogP contribution is 2.25. The fourth-order valence-electron chi connectivity index (χ4n) is 2.78. The Bertz CT molecular complexity index is 1200. The molecule has 0 atom stereocenters. The maximum absolute atomic E-state index is 12.2. The van der Waals surface area contributed by atoms with Crippen LogP contribution in [0.15, 0.2) is 48.5 Å². The van der Waals surface area contributed by atoms with Crippen LogP contribution in [0.1, 0.15) is 26.6 Å². The third-order valence-electron chi connectivity index (χ3n) is 4.63. The molecule has 30 heavy (non-hydrogen) atoms. The minimum Gasteiger partial charge on any atom is -0.438 e. The number of anilines is 1. The van der Waals surface area contributed by atoms with Crippen molar-refractivity contribution in [3.05, 3.63) is 74.7 Å². The predicted molar refractivity (Wildman–Crippen MR) is 117 cm³/mol. The molecule has 0 aliphatic heterocycles. The number of ether oxygens (including phenoxy) is 1. The summed E-state index contributed by atoms with van der Waals surface area (Å²) in [6.45, 7) is 5.99. The largest absolute Gasteiger partial charge is 0.438 e. The summed E-state index contributed by atoms with van der Waals surface area (Å²) in [5.41, 5.74) is 3.77. The Morgan fingerprint density at radius 2 is 1.80 bits per heavy atom. The molecule has 0 saturated heterocycles. The molecule has 152 valence electrons. The van der Waals surface area contributed by atoms with Gasteiger partial charge in [0.2, 0.25) is 5.88 Å². The number of carbonyl (C=O) groups is 1. The number of amides is 1. The number of thiophene rings is 1. The third-order valence-corrected chi connectivity index (χ3v) is 5.86. The van der Waals surface area contributed by atoms with Gasteiger partial charge in [-0.25, -0.2) is 4.68 Å². The van der Waals surface area contributed by atoms with Gasteiger partial charge < -0.3 is 10.1 Å². The van der Waals surface area contributed by atoms with Gasteiger partial charge in [-0.1, -0.05) is 11.6 Å². The molecule has 0 aliphatic carbocycles. The number of hydrogen-bond donors (Lipinski definition) is 1. The van der Waals surface area contributed by atoms with Crippen LogP contribution in [0.5, 0.6) is 11.6 Å². The molecule has 0 saturated carbocycles. The van der Waals surface area contributed by atoms with Crippen molar-refractivity contribution in [2.24, 2.45) is 0 Å². The topological polar surface area (TPSA) is 81.9 Å². The van der Waals surface area contributed by atoms with Crippen LogP contribution in [-0.4, -0.2) is 25.9 Å². The van der Waals surface area contributed by atoms with Crippen LogP contribution in [0.25, 0.3) is 5.82 Å². The zero-order valence-electron chi connectivity index (χ0n) is 16.5. The van der Waals surface area contributed by atoms with E-state index in [0.717, 1.165) is 17.0 Å². The molecule has 9 heteroatoms. The first-order chi connectivity index (χ1) is 14.4. The van der Waals surface area contributed by atoms with Gasteiger partial charge in [-0.15, -0.1) is 21.5 Å². The Balaban J connectivity index is 1.42. The predicted octanol–water partition coefficient (Wildman–Crippen LogP) is 5.35. The minimum atomic E-state index is -0.207. The van der Waals surface area contributed by atoms with Crippen molar-refractivity contribution in [1.29, 1.82) is 0 Å². The Hall–Kier alpha value is -3.23. The van der Waals surface area contributed by atoms with E-state index in [1.165, 1.54) is 11.3 Å². The Morgan fingerprint density at radius 3 is 2.37 bits per heavy atom. The van der Waals surface area contributed by atoms with Crippen LogP contribution in [0, 0.1) is 20.8 Å². The molecule has 0 aliphatic rings. The summed E-state index contributed by atoms with van der Waals surface area (Å²) < 4.78 is 8.08. The van der Waals surface area contributed by atoms with Crippen molar-refractivity contribution < 1.29 is 9.53 Å². The van der Waals surface area contributed by atoms with Crippen molar-refractivity contribution in [3.63, 3.8) is 0 Å². The molecule has 0 spiro atoms. The van der Waals surface area contributed by atoms with Crippen LogP contribution in [0.4, 0.5) is 5.69 Å². The first-order valence-corrected chi connectivity index (χ1v) is 10.3. The first-order valence-electron chi connectivity index (χ1n) is 9.12. The molecule has 0 radical (unpaired) electrons. The number of aromatic nitrogens is 4. The molecule has 0 bridgehead atoms. The van der Waals surface area contributed by atoms with Crippen LogP contribution >= 0.6 is 22.9 Å². The second-order valence-electron chi connectivity index (χ2n) is 6.62. The smallest absolute Gasteiger partial charge is 0.265 e. The molecule has 3 aromatic heterocycles. The SMILES string of the molecule is Cc1nn(-c2ccc(Oc3ccc(NC(=O)c4ccc(Cl)s4)cc3)nn2)c(C)c1C. The van der Waals surface area contributed by atoms with E-state index in [2.05, 4.69) is 20.6 Å². The maximum atomic E-state index is 12.2. The average molecular weight is 440 g/mol. The molecule has 3 heterocycles. The van der Waals surface area contributed by atoms with Gasteiger partial charge >= 0.3 is 0 Å². The first kappa shape index (κ1) is 20.1. The van der Waals surface area contributed by atoms with Crippen molar-refractivity contribution in [1.82, 2.24) is 20.0 Å². The van der Waals surface area contributed by atoms with E-state index in [9.17, 15) is 4.79 Å². The average Bonchev–Trinajstić information content (AvgIpc) is 3.29. The number of benzene rings is 1. The molecular weight excluding hydrogens is 422 g/mol. The fraction of sp³-hybridized carbons (Fsp3) is 0.143. The fourth-order valence-corrected chi connectivity index (χ4v) is 3.72. The molecule has 4 aromatic rings. The van der Waals surface area contributed by atoms with Crippen LogP contribution < -0.4 is 10.1 Å². The van der Waals surface area contributed by atoms with Gasteiger partial charge in [0.1, 0.15) is 5.75 Å². The molecule has 1 N–H and O–H groups in total. The lowest BCUT2D eigenvalue weighted by atomic mass is 10.2. The van der Waals surface area contributed by atoms with E-state index in [0.29, 0.717) is 32.3 Å². The number of halogens is 1. The highest BCUT2D eigenvalue weighted by atomic mass is 35.5. The summed E-state index contributed by atoms with van der Waals surface area (Å²) in [5, 5.41) is 15.6. The summed E-state index contributed by atoms with van der Waals surface area (Å²) in [6.07, 6.45) is 0. The molecular formula is C21H18ClN5O2S. The Labute approximate surface area is 182 Å². The van der Waals surface area contributed by atoms with E-state index in [-0.39, 0.29) is 5.91 Å². The van der Waals surface area contributed by atoms with Gasteiger partial charge in [-0.3, -0.25) is 4.79 Å². The van der Waals surface area contributed by atoms with Gasteiger partial charge in [0.15, 0.2) is 5.82 Å². The maximum Gasteiger partial charge on any atom is 0.265 e.